The van der Waals surface area contributed by atoms with Crippen LogP contribution in [0, 0.1) is 0 Å². The van der Waals surface area contributed by atoms with E-state index in [4.69, 9.17) is 4.74 Å². The van der Waals surface area contributed by atoms with E-state index < -0.39 is 6.29 Å². The molecule has 0 aromatic heterocycles. The van der Waals surface area contributed by atoms with Crippen LogP contribution in [-0.2, 0) is 14.3 Å². The summed E-state index contributed by atoms with van der Waals surface area (Å²) in [7, 11) is 0. The molecule has 3 aliphatic rings. The molecule has 0 spiro atoms. The summed E-state index contributed by atoms with van der Waals surface area (Å²) in [5, 5.41) is 11.7. The number of imide groups is 1. The van der Waals surface area contributed by atoms with Crippen molar-refractivity contribution in [2.75, 3.05) is 19.6 Å². The molecule has 3 saturated heterocycles. The number of nitrogens with one attached hydrogen (secondary N) is 1. The predicted molar refractivity (Wildman–Crippen MR) is 90.9 cm³/mol. The Labute approximate surface area is 147 Å². The zero-order valence-corrected chi connectivity index (χ0v) is 14.2. The molecule has 1 aromatic carbocycles. The maximum Gasteiger partial charge on any atom is 0.234 e. The Morgan fingerprint density at radius 2 is 1.72 bits per heavy atom. The number of hydrogen-bond acceptors (Lipinski definition) is 5. The number of carbonyl (C=O) groups is 2. The molecule has 134 valence electrons. The molecule has 3 fully saturated rings. The number of amides is 2. The van der Waals surface area contributed by atoms with Crippen LogP contribution in [0.1, 0.15) is 48.6 Å². The van der Waals surface area contributed by atoms with Gasteiger partial charge in [0.1, 0.15) is 6.10 Å². The Bertz CT molecular complexity index is 652. The monoisotopic (exact) mass is 344 g/mol. The van der Waals surface area contributed by atoms with Crippen molar-refractivity contribution in [1.29, 1.82) is 0 Å². The molecule has 3 heterocycles. The molecule has 1 aromatic rings. The third-order valence-electron chi connectivity index (χ3n) is 5.63. The highest BCUT2D eigenvalue weighted by Gasteiger charge is 2.38. The molecule has 25 heavy (non-hydrogen) atoms. The fraction of sp³-hybridized carbons (Fsp3) is 0.579. The minimum absolute atomic E-state index is 0.00403. The van der Waals surface area contributed by atoms with Gasteiger partial charge in [-0.1, -0.05) is 24.3 Å². The number of rotatable bonds is 4. The zero-order chi connectivity index (χ0) is 17.4. The van der Waals surface area contributed by atoms with Crippen LogP contribution in [0.5, 0.6) is 0 Å². The standard InChI is InChI=1S/C19H24N2O4/c22-17-6-5-15(18(23)20-17)14-3-1-12(2-4-14)13-7-9-21(10-8-13)11-16-19(24)25-16/h1-4,13,15-16,19,24H,5-11H2,(H,20,22,23). The summed E-state index contributed by atoms with van der Waals surface area (Å²) >= 11 is 0. The van der Waals surface area contributed by atoms with Crippen LogP contribution in [0.15, 0.2) is 24.3 Å². The van der Waals surface area contributed by atoms with Gasteiger partial charge in [0.2, 0.25) is 11.8 Å². The second-order valence-corrected chi connectivity index (χ2v) is 7.31. The number of piperidine rings is 2. The molecule has 2 N–H and O–H groups in total. The lowest BCUT2D eigenvalue weighted by Crippen LogP contribution is -2.39. The van der Waals surface area contributed by atoms with Crippen LogP contribution in [0.4, 0.5) is 0 Å². The lowest BCUT2D eigenvalue weighted by atomic mass is 9.86. The molecule has 6 heteroatoms. The van der Waals surface area contributed by atoms with Gasteiger partial charge in [-0.3, -0.25) is 14.9 Å². The van der Waals surface area contributed by atoms with E-state index in [1.165, 1.54) is 5.56 Å². The van der Waals surface area contributed by atoms with E-state index in [9.17, 15) is 14.7 Å². The van der Waals surface area contributed by atoms with Gasteiger partial charge in [0.05, 0.1) is 5.92 Å². The first kappa shape index (κ1) is 16.7. The number of hydrogen-bond donors (Lipinski definition) is 2. The number of carbonyl (C=O) groups excluding carboxylic acids is 2. The number of epoxide rings is 1. The van der Waals surface area contributed by atoms with E-state index >= 15 is 0 Å². The number of aliphatic hydroxyl groups is 1. The molecule has 0 saturated carbocycles. The molecular weight excluding hydrogens is 320 g/mol. The second-order valence-electron chi connectivity index (χ2n) is 7.31. The largest absolute Gasteiger partial charge is 0.366 e. The van der Waals surface area contributed by atoms with Gasteiger partial charge in [0.15, 0.2) is 6.29 Å². The minimum Gasteiger partial charge on any atom is -0.366 e. The number of aliphatic hydroxyl groups excluding tert-OH is 1. The number of nitrogens with zero attached hydrogens (tertiary/aromatic N) is 1. The van der Waals surface area contributed by atoms with Crippen LogP contribution in [0.25, 0.3) is 0 Å². The van der Waals surface area contributed by atoms with Gasteiger partial charge >= 0.3 is 0 Å². The Balaban J connectivity index is 1.33. The van der Waals surface area contributed by atoms with Gasteiger partial charge in [0, 0.05) is 13.0 Å². The Morgan fingerprint density at radius 3 is 2.32 bits per heavy atom. The molecule has 0 radical (unpaired) electrons. The van der Waals surface area contributed by atoms with Gasteiger partial charge in [-0.25, -0.2) is 0 Å². The summed E-state index contributed by atoms with van der Waals surface area (Å²) in [6, 6.07) is 8.34. The van der Waals surface area contributed by atoms with Crippen molar-refractivity contribution in [2.24, 2.45) is 0 Å². The van der Waals surface area contributed by atoms with Gasteiger partial charge in [-0.05, 0) is 49.4 Å². The van der Waals surface area contributed by atoms with Crippen molar-refractivity contribution in [3.63, 3.8) is 0 Å². The quantitative estimate of drug-likeness (QED) is 0.631. The third-order valence-corrected chi connectivity index (χ3v) is 5.63. The van der Waals surface area contributed by atoms with Crippen molar-refractivity contribution >= 4 is 11.8 Å². The van der Waals surface area contributed by atoms with Crippen molar-refractivity contribution in [3.05, 3.63) is 35.4 Å². The van der Waals surface area contributed by atoms with E-state index in [0.29, 0.717) is 18.8 Å². The molecule has 0 aliphatic carbocycles. The van der Waals surface area contributed by atoms with Crippen molar-refractivity contribution < 1.29 is 19.4 Å². The highest BCUT2D eigenvalue weighted by molar-refractivity contribution is 6.00. The first-order valence-electron chi connectivity index (χ1n) is 9.09. The van der Waals surface area contributed by atoms with Crippen LogP contribution in [-0.4, -0.2) is 53.8 Å². The SMILES string of the molecule is O=C1CCC(c2ccc(C3CCN(CC4OC4O)CC3)cc2)C(=O)N1. The highest BCUT2D eigenvalue weighted by Crippen LogP contribution is 2.31. The molecule has 3 unspecified atom stereocenters. The van der Waals surface area contributed by atoms with Crippen LogP contribution in [0.2, 0.25) is 0 Å². The van der Waals surface area contributed by atoms with Crippen LogP contribution >= 0.6 is 0 Å². The molecule has 6 nitrogen and oxygen atoms in total. The summed E-state index contributed by atoms with van der Waals surface area (Å²) in [6.07, 6.45) is 2.65. The van der Waals surface area contributed by atoms with Crippen molar-refractivity contribution in [1.82, 2.24) is 10.2 Å². The second kappa shape index (κ2) is 6.86. The molecule has 2 amide bonds. The maximum absolute atomic E-state index is 12.0. The van der Waals surface area contributed by atoms with Gasteiger partial charge in [0.25, 0.3) is 0 Å². The third kappa shape index (κ3) is 3.76. The normalized spacial score (nSPS) is 31.0. The fourth-order valence-electron chi connectivity index (χ4n) is 3.98. The topological polar surface area (TPSA) is 82.2 Å². The predicted octanol–water partition coefficient (Wildman–Crippen LogP) is 1.10. The summed E-state index contributed by atoms with van der Waals surface area (Å²) in [5.41, 5.74) is 2.31. The summed E-state index contributed by atoms with van der Waals surface area (Å²) in [5.74, 6) is -0.0220. The van der Waals surface area contributed by atoms with E-state index in [0.717, 1.165) is 38.0 Å². The summed E-state index contributed by atoms with van der Waals surface area (Å²) < 4.78 is 5.08. The molecule has 3 atom stereocenters. The first-order chi connectivity index (χ1) is 12.1. The van der Waals surface area contributed by atoms with E-state index in [2.05, 4.69) is 22.3 Å². The number of likely N-dealkylation sites (tertiary alicyclic amines) is 1. The number of ether oxygens (including phenoxy) is 1. The average molecular weight is 344 g/mol. The lowest BCUT2D eigenvalue weighted by molar-refractivity contribution is -0.134. The van der Waals surface area contributed by atoms with Gasteiger partial charge in [-0.15, -0.1) is 0 Å². The van der Waals surface area contributed by atoms with Crippen molar-refractivity contribution in [2.45, 2.75) is 49.9 Å². The smallest absolute Gasteiger partial charge is 0.234 e. The fourth-order valence-corrected chi connectivity index (χ4v) is 3.98. The van der Waals surface area contributed by atoms with E-state index in [-0.39, 0.29) is 23.8 Å². The van der Waals surface area contributed by atoms with Crippen molar-refractivity contribution in [3.8, 4) is 0 Å². The van der Waals surface area contributed by atoms with Gasteiger partial charge < -0.3 is 14.7 Å². The zero-order valence-electron chi connectivity index (χ0n) is 14.2. The van der Waals surface area contributed by atoms with E-state index in [1.807, 2.05) is 12.1 Å². The van der Waals surface area contributed by atoms with Crippen LogP contribution in [0.3, 0.4) is 0 Å². The molecule has 4 rings (SSSR count). The Morgan fingerprint density at radius 1 is 1.08 bits per heavy atom. The Hall–Kier alpha value is -1.76. The van der Waals surface area contributed by atoms with Crippen LogP contribution < -0.4 is 5.32 Å². The molecule has 0 bridgehead atoms. The number of benzene rings is 1. The summed E-state index contributed by atoms with van der Waals surface area (Å²) in [4.78, 5) is 25.6. The van der Waals surface area contributed by atoms with E-state index in [1.54, 1.807) is 0 Å². The minimum atomic E-state index is -0.558. The average Bonchev–Trinajstić information content (AvgIpc) is 3.31. The Kier molecular flexibility index (Phi) is 4.58. The lowest BCUT2D eigenvalue weighted by Gasteiger charge is -2.32. The maximum atomic E-state index is 12.0. The first-order valence-corrected chi connectivity index (χ1v) is 9.09. The highest BCUT2D eigenvalue weighted by atomic mass is 16.7. The van der Waals surface area contributed by atoms with Gasteiger partial charge in [-0.2, -0.15) is 0 Å². The molecular formula is C19H24N2O4. The molecule has 3 aliphatic heterocycles. The summed E-state index contributed by atoms with van der Waals surface area (Å²) in [6.45, 7) is 2.86.